The van der Waals surface area contributed by atoms with Gasteiger partial charge >= 0.3 is 0 Å². The number of aryl methyl sites for hydroxylation is 2. The Morgan fingerprint density at radius 1 is 1.28 bits per heavy atom. The highest BCUT2D eigenvalue weighted by Gasteiger charge is 2.17. The van der Waals surface area contributed by atoms with Gasteiger partial charge in [0.15, 0.2) is 0 Å². The number of hydrogen-bond donors (Lipinski definition) is 1. The van der Waals surface area contributed by atoms with Crippen molar-refractivity contribution in [3.05, 3.63) is 16.4 Å². The fourth-order valence-electron chi connectivity index (χ4n) is 2.11. The molecule has 4 heteroatoms. The van der Waals surface area contributed by atoms with Crippen molar-refractivity contribution in [3.8, 4) is 0 Å². The number of hydrogen-bond acceptors (Lipinski definition) is 2. The average molecular weight is 272 g/mol. The van der Waals surface area contributed by atoms with E-state index in [1.165, 1.54) is 6.42 Å². The van der Waals surface area contributed by atoms with Crippen molar-refractivity contribution in [2.75, 3.05) is 0 Å². The van der Waals surface area contributed by atoms with Crippen molar-refractivity contribution in [1.82, 2.24) is 9.78 Å². The van der Waals surface area contributed by atoms with Crippen molar-refractivity contribution >= 4 is 11.6 Å². The molecule has 0 bridgehead atoms. The summed E-state index contributed by atoms with van der Waals surface area (Å²) in [4.78, 5) is 0. The lowest BCUT2D eigenvalue weighted by Gasteiger charge is -2.14. The third-order valence-corrected chi connectivity index (χ3v) is 3.70. The fraction of sp³-hybridized carbons (Fsp3) is 0.786. The Balaban J connectivity index is 2.73. The lowest BCUT2D eigenvalue weighted by Crippen LogP contribution is -2.25. The van der Waals surface area contributed by atoms with Crippen LogP contribution in [0.3, 0.4) is 0 Å². The molecule has 1 heterocycles. The van der Waals surface area contributed by atoms with Crippen molar-refractivity contribution in [2.24, 2.45) is 11.7 Å². The summed E-state index contributed by atoms with van der Waals surface area (Å²) in [5.41, 5.74) is 8.29. The van der Waals surface area contributed by atoms with Crippen LogP contribution in [0.5, 0.6) is 0 Å². The van der Waals surface area contributed by atoms with Crippen molar-refractivity contribution in [2.45, 2.75) is 66.0 Å². The van der Waals surface area contributed by atoms with Gasteiger partial charge in [0.05, 0.1) is 16.4 Å². The largest absolute Gasteiger partial charge is 0.327 e. The molecule has 0 saturated carbocycles. The summed E-state index contributed by atoms with van der Waals surface area (Å²) in [6, 6.07) is 0.177. The first-order valence-corrected chi connectivity index (χ1v) is 7.36. The maximum absolute atomic E-state index is 6.38. The van der Waals surface area contributed by atoms with E-state index in [0.717, 1.165) is 42.2 Å². The zero-order valence-corrected chi connectivity index (χ0v) is 12.8. The quantitative estimate of drug-likeness (QED) is 0.826. The lowest BCUT2D eigenvalue weighted by atomic mass is 10.0. The Morgan fingerprint density at radius 2 is 1.94 bits per heavy atom. The molecule has 104 valence electrons. The number of nitrogens with two attached hydrogens (primary N) is 1. The van der Waals surface area contributed by atoms with E-state index in [2.05, 4.69) is 32.8 Å². The molecule has 0 aliphatic heterocycles. The van der Waals surface area contributed by atoms with E-state index in [-0.39, 0.29) is 6.04 Å². The van der Waals surface area contributed by atoms with Crippen molar-refractivity contribution in [1.29, 1.82) is 0 Å². The van der Waals surface area contributed by atoms with Gasteiger partial charge < -0.3 is 5.73 Å². The van der Waals surface area contributed by atoms with Crippen LogP contribution in [0.4, 0.5) is 0 Å². The van der Waals surface area contributed by atoms with Crippen LogP contribution in [0.2, 0.25) is 5.02 Å². The Labute approximate surface area is 116 Å². The van der Waals surface area contributed by atoms with Gasteiger partial charge in [0.2, 0.25) is 0 Å². The van der Waals surface area contributed by atoms with Crippen LogP contribution >= 0.6 is 11.6 Å². The van der Waals surface area contributed by atoms with Crippen LogP contribution < -0.4 is 5.73 Å². The first-order valence-electron chi connectivity index (χ1n) is 6.99. The summed E-state index contributed by atoms with van der Waals surface area (Å²) in [6.07, 6.45) is 3.91. The molecule has 18 heavy (non-hydrogen) atoms. The zero-order chi connectivity index (χ0) is 13.7. The summed E-state index contributed by atoms with van der Waals surface area (Å²) in [5.74, 6) is 0.703. The maximum Gasteiger partial charge on any atom is 0.0850 e. The van der Waals surface area contributed by atoms with E-state index in [1.54, 1.807) is 0 Å². The molecular weight excluding hydrogens is 246 g/mol. The smallest absolute Gasteiger partial charge is 0.0850 e. The summed E-state index contributed by atoms with van der Waals surface area (Å²) < 4.78 is 2.00. The number of nitrogens with zero attached hydrogens (tertiary/aromatic N) is 2. The molecule has 1 unspecified atom stereocenters. The number of aromatic nitrogens is 2. The molecule has 0 aliphatic rings. The lowest BCUT2D eigenvalue weighted by molar-refractivity contribution is 0.482. The Morgan fingerprint density at radius 3 is 2.44 bits per heavy atom. The highest BCUT2D eigenvalue weighted by Crippen LogP contribution is 2.23. The van der Waals surface area contributed by atoms with Gasteiger partial charge in [0.1, 0.15) is 0 Å². The molecule has 0 amide bonds. The van der Waals surface area contributed by atoms with E-state index in [0.29, 0.717) is 5.92 Å². The number of rotatable bonds is 7. The Bertz CT molecular complexity index is 371. The van der Waals surface area contributed by atoms with E-state index in [9.17, 15) is 0 Å². The Kier molecular flexibility index (Phi) is 6.16. The second-order valence-electron chi connectivity index (χ2n) is 5.31. The van der Waals surface area contributed by atoms with E-state index in [1.807, 2.05) is 4.68 Å². The molecule has 0 fully saturated rings. The molecule has 0 spiro atoms. The number of halogens is 1. The predicted octanol–water partition coefficient (Wildman–Crippen LogP) is 3.42. The van der Waals surface area contributed by atoms with Gasteiger partial charge in [-0.05, 0) is 32.1 Å². The molecular formula is C14H26ClN3. The Hall–Kier alpha value is -0.540. The second kappa shape index (κ2) is 7.15. The summed E-state index contributed by atoms with van der Waals surface area (Å²) in [6.45, 7) is 9.48. The second-order valence-corrected chi connectivity index (χ2v) is 5.69. The highest BCUT2D eigenvalue weighted by atomic mass is 35.5. The minimum atomic E-state index is 0.177. The summed E-state index contributed by atoms with van der Waals surface area (Å²) in [7, 11) is 0. The minimum absolute atomic E-state index is 0.177. The molecule has 2 N–H and O–H groups in total. The van der Waals surface area contributed by atoms with Crippen LogP contribution in [0.25, 0.3) is 0 Å². The first-order chi connectivity index (χ1) is 8.49. The predicted molar refractivity (Wildman–Crippen MR) is 78.0 cm³/mol. The summed E-state index contributed by atoms with van der Waals surface area (Å²) >= 11 is 6.38. The topological polar surface area (TPSA) is 43.8 Å². The SMILES string of the molecule is CCc1nn(CC)c(CC(N)CCC(C)C)c1Cl. The normalized spacial score (nSPS) is 13.3. The van der Waals surface area contributed by atoms with Gasteiger partial charge in [-0.15, -0.1) is 0 Å². The van der Waals surface area contributed by atoms with Crippen LogP contribution in [0.1, 0.15) is 51.9 Å². The third kappa shape index (κ3) is 3.99. The van der Waals surface area contributed by atoms with E-state index < -0.39 is 0 Å². The van der Waals surface area contributed by atoms with Gasteiger partial charge in [-0.1, -0.05) is 32.4 Å². The molecule has 0 aromatic carbocycles. The van der Waals surface area contributed by atoms with E-state index >= 15 is 0 Å². The molecule has 0 saturated heterocycles. The average Bonchev–Trinajstić information content (AvgIpc) is 2.63. The first kappa shape index (κ1) is 15.5. The zero-order valence-electron chi connectivity index (χ0n) is 12.0. The van der Waals surface area contributed by atoms with Gasteiger partial charge in [0, 0.05) is 19.0 Å². The van der Waals surface area contributed by atoms with Crippen LogP contribution in [-0.2, 0) is 19.4 Å². The van der Waals surface area contributed by atoms with Crippen LogP contribution in [-0.4, -0.2) is 15.8 Å². The van der Waals surface area contributed by atoms with Crippen molar-refractivity contribution < 1.29 is 0 Å². The molecule has 0 radical (unpaired) electrons. The molecule has 1 aromatic heterocycles. The van der Waals surface area contributed by atoms with E-state index in [4.69, 9.17) is 17.3 Å². The van der Waals surface area contributed by atoms with Crippen molar-refractivity contribution in [3.63, 3.8) is 0 Å². The highest BCUT2D eigenvalue weighted by molar-refractivity contribution is 6.31. The van der Waals surface area contributed by atoms with Gasteiger partial charge in [-0.25, -0.2) is 0 Å². The van der Waals surface area contributed by atoms with Gasteiger partial charge in [-0.2, -0.15) is 5.10 Å². The minimum Gasteiger partial charge on any atom is -0.327 e. The molecule has 0 aliphatic carbocycles. The molecule has 1 rings (SSSR count). The maximum atomic E-state index is 6.38. The van der Waals surface area contributed by atoms with Gasteiger partial charge in [-0.3, -0.25) is 4.68 Å². The molecule has 1 atom stereocenters. The van der Waals surface area contributed by atoms with Crippen LogP contribution in [0.15, 0.2) is 0 Å². The fourth-order valence-corrected chi connectivity index (χ4v) is 2.46. The standard InChI is InChI=1S/C14H26ClN3/c1-5-12-14(15)13(18(6-2)17-12)9-11(16)8-7-10(3)4/h10-11H,5-9,16H2,1-4H3. The van der Waals surface area contributed by atoms with Gasteiger partial charge in [0.25, 0.3) is 0 Å². The molecule has 1 aromatic rings. The monoisotopic (exact) mass is 271 g/mol. The summed E-state index contributed by atoms with van der Waals surface area (Å²) in [5, 5.41) is 5.34. The van der Waals surface area contributed by atoms with Crippen LogP contribution in [0, 0.1) is 5.92 Å². The third-order valence-electron chi connectivity index (χ3n) is 3.26. The molecule has 3 nitrogen and oxygen atoms in total.